The van der Waals surface area contributed by atoms with Gasteiger partial charge in [0.25, 0.3) is 0 Å². The van der Waals surface area contributed by atoms with Crippen LogP contribution in [-0.2, 0) is 0 Å². The third-order valence-corrected chi connectivity index (χ3v) is 2.20. The van der Waals surface area contributed by atoms with E-state index < -0.39 is 0 Å². The zero-order valence-corrected chi connectivity index (χ0v) is 6.77. The summed E-state index contributed by atoms with van der Waals surface area (Å²) in [5, 5.41) is 0. The minimum atomic E-state index is 0.911. The van der Waals surface area contributed by atoms with Crippen LogP contribution < -0.4 is 0 Å². The highest BCUT2D eigenvalue weighted by Gasteiger charge is 2.10. The molecule has 0 aliphatic carbocycles. The highest BCUT2D eigenvalue weighted by atomic mass is 32.1. The molecule has 0 saturated carbocycles. The van der Waals surface area contributed by atoms with Crippen LogP contribution in [0.1, 0.15) is 0 Å². The lowest BCUT2D eigenvalue weighted by Crippen LogP contribution is -2.43. The van der Waals surface area contributed by atoms with Crippen LogP contribution in [0.3, 0.4) is 0 Å². The molecule has 0 bridgehead atoms. The summed E-state index contributed by atoms with van der Waals surface area (Å²) in [4.78, 5) is 4.70. The predicted octanol–water partition coefficient (Wildman–Crippen LogP) is 0.121. The van der Waals surface area contributed by atoms with Gasteiger partial charge in [0, 0.05) is 32.1 Å². The van der Waals surface area contributed by atoms with Gasteiger partial charge in [-0.15, -0.1) is 0 Å². The normalized spacial score (nSPS) is 24.7. The molecule has 0 unspecified atom stereocenters. The summed E-state index contributed by atoms with van der Waals surface area (Å²) < 4.78 is 0. The second-order valence-electron chi connectivity index (χ2n) is 2.56. The van der Waals surface area contributed by atoms with Gasteiger partial charge in [-0.25, -0.2) is 0 Å². The summed E-state index contributed by atoms with van der Waals surface area (Å²) in [6.07, 6.45) is 0. The van der Waals surface area contributed by atoms with Crippen LogP contribution in [0, 0.1) is 0 Å². The van der Waals surface area contributed by atoms with E-state index in [-0.39, 0.29) is 0 Å². The van der Waals surface area contributed by atoms with Crippen LogP contribution in [0.4, 0.5) is 0 Å². The van der Waals surface area contributed by atoms with Gasteiger partial charge < -0.3 is 4.90 Å². The number of hydrogen-bond donors (Lipinski definition) is 1. The van der Waals surface area contributed by atoms with E-state index in [1.807, 2.05) is 0 Å². The second kappa shape index (κ2) is 3.44. The molecule has 1 aliphatic heterocycles. The molecule has 0 radical (unpaired) electrons. The van der Waals surface area contributed by atoms with E-state index in [0.29, 0.717) is 0 Å². The Morgan fingerprint density at radius 2 is 1.78 bits per heavy atom. The molecule has 1 heterocycles. The van der Waals surface area contributed by atoms with E-state index in [1.165, 1.54) is 26.2 Å². The third kappa shape index (κ3) is 2.16. The highest BCUT2D eigenvalue weighted by molar-refractivity contribution is 7.80. The maximum absolute atomic E-state index is 4.20. The van der Waals surface area contributed by atoms with Crippen molar-refractivity contribution in [1.82, 2.24) is 9.80 Å². The molecule has 3 heteroatoms. The molecule has 1 saturated heterocycles. The van der Waals surface area contributed by atoms with Crippen molar-refractivity contribution in [2.75, 3.05) is 39.1 Å². The summed E-state index contributed by atoms with van der Waals surface area (Å²) >= 11 is 4.20. The van der Waals surface area contributed by atoms with Gasteiger partial charge in [-0.1, -0.05) is 0 Å². The lowest BCUT2D eigenvalue weighted by atomic mass is 10.4. The number of piperazine rings is 1. The lowest BCUT2D eigenvalue weighted by molar-refractivity contribution is 0.175. The minimum absolute atomic E-state index is 0.911. The van der Waals surface area contributed by atoms with Gasteiger partial charge >= 0.3 is 0 Å². The van der Waals surface area contributed by atoms with E-state index in [9.17, 15) is 0 Å². The Morgan fingerprint density at radius 3 is 2.22 bits per heavy atom. The number of hydrogen-bond acceptors (Lipinski definition) is 3. The van der Waals surface area contributed by atoms with Gasteiger partial charge in [0.2, 0.25) is 0 Å². The molecule has 54 valence electrons. The molecule has 2 nitrogen and oxygen atoms in total. The molecule has 0 amide bonds. The van der Waals surface area contributed by atoms with E-state index >= 15 is 0 Å². The van der Waals surface area contributed by atoms with Gasteiger partial charge in [0.1, 0.15) is 0 Å². The predicted molar refractivity (Wildman–Crippen MR) is 42.9 cm³/mol. The number of rotatable bonds is 1. The quantitative estimate of drug-likeness (QED) is 0.525. The zero-order chi connectivity index (χ0) is 6.69. The first-order chi connectivity index (χ1) is 4.33. The molecule has 0 spiro atoms. The SMILES string of the molecule is CN1CCN(CS)CC1. The van der Waals surface area contributed by atoms with Crippen LogP contribution in [0.25, 0.3) is 0 Å². The Bertz CT molecular complexity index is 79.1. The first kappa shape index (κ1) is 7.38. The summed E-state index contributed by atoms with van der Waals surface area (Å²) in [7, 11) is 2.16. The van der Waals surface area contributed by atoms with Crippen molar-refractivity contribution >= 4 is 12.6 Å². The van der Waals surface area contributed by atoms with Crippen LogP contribution in [0.15, 0.2) is 0 Å². The van der Waals surface area contributed by atoms with Crippen molar-refractivity contribution in [3.05, 3.63) is 0 Å². The maximum atomic E-state index is 4.20. The second-order valence-corrected chi connectivity index (χ2v) is 2.85. The van der Waals surface area contributed by atoms with E-state index in [2.05, 4.69) is 29.5 Å². The van der Waals surface area contributed by atoms with Crippen molar-refractivity contribution in [3.63, 3.8) is 0 Å². The number of likely N-dealkylation sites (N-methyl/N-ethyl adjacent to an activating group) is 1. The first-order valence-corrected chi connectivity index (χ1v) is 3.98. The van der Waals surface area contributed by atoms with Crippen LogP contribution in [0.5, 0.6) is 0 Å². The summed E-state index contributed by atoms with van der Waals surface area (Å²) in [5.41, 5.74) is 0. The Kier molecular flexibility index (Phi) is 2.82. The number of nitrogens with zero attached hydrogens (tertiary/aromatic N) is 2. The Labute approximate surface area is 62.2 Å². The van der Waals surface area contributed by atoms with Crippen molar-refractivity contribution < 1.29 is 0 Å². The van der Waals surface area contributed by atoms with Crippen LogP contribution in [-0.4, -0.2) is 48.9 Å². The summed E-state index contributed by atoms with van der Waals surface area (Å²) in [6, 6.07) is 0. The van der Waals surface area contributed by atoms with Crippen LogP contribution >= 0.6 is 12.6 Å². The summed E-state index contributed by atoms with van der Waals surface area (Å²) in [6.45, 7) is 4.75. The Balaban J connectivity index is 2.18. The summed E-state index contributed by atoms with van der Waals surface area (Å²) in [5.74, 6) is 0.911. The monoisotopic (exact) mass is 146 g/mol. The van der Waals surface area contributed by atoms with Crippen LogP contribution in [0.2, 0.25) is 0 Å². The molecule has 0 aromatic rings. The van der Waals surface area contributed by atoms with E-state index in [1.54, 1.807) is 0 Å². The topological polar surface area (TPSA) is 6.48 Å². The fourth-order valence-electron chi connectivity index (χ4n) is 0.989. The maximum Gasteiger partial charge on any atom is 0.0415 e. The van der Waals surface area contributed by atoms with Gasteiger partial charge in [-0.3, -0.25) is 4.90 Å². The molecule has 0 atom stereocenters. The van der Waals surface area contributed by atoms with Gasteiger partial charge in [-0.05, 0) is 7.05 Å². The molecular weight excluding hydrogens is 132 g/mol. The van der Waals surface area contributed by atoms with Crippen molar-refractivity contribution in [1.29, 1.82) is 0 Å². The third-order valence-electron chi connectivity index (χ3n) is 1.80. The molecule has 9 heavy (non-hydrogen) atoms. The average molecular weight is 146 g/mol. The molecule has 0 aromatic carbocycles. The van der Waals surface area contributed by atoms with Crippen molar-refractivity contribution in [3.8, 4) is 0 Å². The molecule has 0 aromatic heterocycles. The molecule has 1 aliphatic rings. The lowest BCUT2D eigenvalue weighted by Gasteiger charge is -2.30. The first-order valence-electron chi connectivity index (χ1n) is 3.34. The fourth-order valence-corrected chi connectivity index (χ4v) is 1.27. The Morgan fingerprint density at radius 1 is 1.22 bits per heavy atom. The molecule has 0 N–H and O–H groups in total. The smallest absolute Gasteiger partial charge is 0.0415 e. The standard InChI is InChI=1S/C6H14N2S/c1-7-2-4-8(6-9)5-3-7/h9H,2-6H2,1H3. The van der Waals surface area contributed by atoms with Gasteiger partial charge in [0.05, 0.1) is 0 Å². The van der Waals surface area contributed by atoms with Gasteiger partial charge in [-0.2, -0.15) is 12.6 Å². The average Bonchev–Trinajstić information content (AvgIpc) is 1.90. The van der Waals surface area contributed by atoms with Crippen molar-refractivity contribution in [2.24, 2.45) is 0 Å². The van der Waals surface area contributed by atoms with E-state index in [4.69, 9.17) is 0 Å². The molecular formula is C6H14N2S. The zero-order valence-electron chi connectivity index (χ0n) is 5.88. The highest BCUT2D eigenvalue weighted by Crippen LogP contribution is 1.98. The van der Waals surface area contributed by atoms with E-state index in [0.717, 1.165) is 5.88 Å². The largest absolute Gasteiger partial charge is 0.304 e. The van der Waals surface area contributed by atoms with Crippen molar-refractivity contribution in [2.45, 2.75) is 0 Å². The molecule has 1 rings (SSSR count). The molecule has 1 fully saturated rings. The minimum Gasteiger partial charge on any atom is -0.304 e. The van der Waals surface area contributed by atoms with Gasteiger partial charge in [0.15, 0.2) is 0 Å². The number of thiol groups is 1. The Hall–Kier alpha value is 0.270. The fraction of sp³-hybridized carbons (Fsp3) is 1.00.